The Morgan fingerprint density at radius 3 is 2.89 bits per heavy atom. The zero-order valence-electron chi connectivity index (χ0n) is 15.9. The highest BCUT2D eigenvalue weighted by atomic mass is 16.2. The largest absolute Gasteiger partial charge is 0.348 e. The van der Waals surface area contributed by atoms with Gasteiger partial charge in [0.15, 0.2) is 0 Å². The molecule has 6 heteroatoms. The van der Waals surface area contributed by atoms with Crippen LogP contribution in [-0.4, -0.2) is 34.4 Å². The van der Waals surface area contributed by atoms with Crippen LogP contribution in [0.4, 0.5) is 0 Å². The number of aromatic amines is 1. The van der Waals surface area contributed by atoms with E-state index in [0.29, 0.717) is 23.3 Å². The van der Waals surface area contributed by atoms with E-state index < -0.39 is 0 Å². The van der Waals surface area contributed by atoms with Crippen LogP contribution in [0.3, 0.4) is 0 Å². The summed E-state index contributed by atoms with van der Waals surface area (Å²) in [5.41, 5.74) is 3.06. The molecule has 0 radical (unpaired) electrons. The van der Waals surface area contributed by atoms with Gasteiger partial charge in [-0.25, -0.2) is 4.98 Å². The number of likely N-dealkylation sites (N-methyl/N-ethyl adjacent to an activating group) is 1. The molecule has 1 aliphatic carbocycles. The lowest BCUT2D eigenvalue weighted by atomic mass is 9.88. The zero-order valence-corrected chi connectivity index (χ0v) is 15.9. The summed E-state index contributed by atoms with van der Waals surface area (Å²) in [6.45, 7) is 0.643. The molecule has 0 spiro atoms. The van der Waals surface area contributed by atoms with Crippen molar-refractivity contribution in [2.45, 2.75) is 31.8 Å². The number of hydrogen-bond acceptors (Lipinski definition) is 4. The van der Waals surface area contributed by atoms with Crippen molar-refractivity contribution < 1.29 is 4.79 Å². The molecule has 1 heterocycles. The van der Waals surface area contributed by atoms with Gasteiger partial charge < -0.3 is 10.3 Å². The Kier molecular flexibility index (Phi) is 5.21. The highest BCUT2D eigenvalue weighted by Gasteiger charge is 2.21. The van der Waals surface area contributed by atoms with Gasteiger partial charge in [0.05, 0.1) is 30.0 Å². The minimum atomic E-state index is -0.155. The number of aryl methyl sites for hydroxylation is 1. The molecule has 2 aromatic carbocycles. The highest BCUT2D eigenvalue weighted by molar-refractivity contribution is 5.79. The third-order valence-electron chi connectivity index (χ3n) is 5.20. The van der Waals surface area contributed by atoms with Gasteiger partial charge in [-0.3, -0.25) is 14.5 Å². The first-order valence-corrected chi connectivity index (χ1v) is 9.64. The molecule has 1 atom stereocenters. The standard InChI is InChI=1S/C22H24N4O2/c1-26(13-20-23-19-11-5-4-10-17(19)22(28)25-20)14-21(27)24-18-12-6-8-15-7-2-3-9-16(15)18/h2-5,7,9-11,18H,6,8,12-14H2,1H3,(H,24,27)(H,23,25,28)/t18-/m0/s1. The Morgan fingerprint density at radius 1 is 1.21 bits per heavy atom. The molecule has 2 N–H and O–H groups in total. The Morgan fingerprint density at radius 2 is 2.00 bits per heavy atom. The summed E-state index contributed by atoms with van der Waals surface area (Å²) >= 11 is 0. The summed E-state index contributed by atoms with van der Waals surface area (Å²) in [7, 11) is 1.85. The molecule has 0 saturated heterocycles. The van der Waals surface area contributed by atoms with Gasteiger partial charge in [0, 0.05) is 0 Å². The van der Waals surface area contributed by atoms with Crippen molar-refractivity contribution in [3.05, 3.63) is 75.8 Å². The SMILES string of the molecule is CN(CC(=O)N[C@H]1CCCc2ccccc21)Cc1nc2ccccc2c(=O)[nH]1. The number of H-pyrrole nitrogens is 1. The van der Waals surface area contributed by atoms with E-state index in [2.05, 4.69) is 27.4 Å². The van der Waals surface area contributed by atoms with E-state index >= 15 is 0 Å². The second kappa shape index (κ2) is 7.94. The number of para-hydroxylation sites is 1. The molecule has 1 amide bonds. The number of hydrogen-bond donors (Lipinski definition) is 2. The van der Waals surface area contributed by atoms with Gasteiger partial charge >= 0.3 is 0 Å². The fraction of sp³-hybridized carbons (Fsp3) is 0.318. The molecule has 0 bridgehead atoms. The smallest absolute Gasteiger partial charge is 0.258 e. The molecule has 144 valence electrons. The molecule has 0 unspecified atom stereocenters. The summed E-state index contributed by atoms with van der Waals surface area (Å²) in [6.07, 6.45) is 3.12. The predicted octanol–water partition coefficient (Wildman–Crippen LogP) is 2.55. The predicted molar refractivity (Wildman–Crippen MR) is 109 cm³/mol. The van der Waals surface area contributed by atoms with E-state index in [-0.39, 0.29) is 24.1 Å². The second-order valence-corrected chi connectivity index (χ2v) is 7.41. The van der Waals surface area contributed by atoms with Crippen LogP contribution in [0.2, 0.25) is 0 Å². The van der Waals surface area contributed by atoms with Gasteiger partial charge in [0.1, 0.15) is 5.82 Å². The minimum absolute atomic E-state index is 0.0210. The molecule has 4 rings (SSSR count). The van der Waals surface area contributed by atoms with Crippen LogP contribution in [0, 0.1) is 0 Å². The Hall–Kier alpha value is -2.99. The molecular formula is C22H24N4O2. The maximum absolute atomic E-state index is 12.6. The molecule has 6 nitrogen and oxygen atoms in total. The molecule has 3 aromatic rings. The number of amides is 1. The average Bonchev–Trinajstić information content (AvgIpc) is 2.68. The van der Waals surface area contributed by atoms with Crippen molar-refractivity contribution in [3.8, 4) is 0 Å². The molecular weight excluding hydrogens is 352 g/mol. The van der Waals surface area contributed by atoms with E-state index in [1.54, 1.807) is 6.07 Å². The first-order valence-electron chi connectivity index (χ1n) is 9.64. The van der Waals surface area contributed by atoms with E-state index in [0.717, 1.165) is 19.3 Å². The number of aromatic nitrogens is 2. The maximum atomic E-state index is 12.6. The van der Waals surface area contributed by atoms with Crippen LogP contribution in [0.1, 0.15) is 35.8 Å². The van der Waals surface area contributed by atoms with Gasteiger partial charge in [-0.05, 0) is 49.6 Å². The fourth-order valence-corrected chi connectivity index (χ4v) is 3.91. The molecule has 0 saturated carbocycles. The van der Waals surface area contributed by atoms with Crippen molar-refractivity contribution in [2.24, 2.45) is 0 Å². The van der Waals surface area contributed by atoms with Gasteiger partial charge in [-0.2, -0.15) is 0 Å². The van der Waals surface area contributed by atoms with Crippen molar-refractivity contribution in [1.82, 2.24) is 20.2 Å². The Labute approximate surface area is 163 Å². The molecule has 1 aromatic heterocycles. The van der Waals surface area contributed by atoms with E-state index in [1.165, 1.54) is 11.1 Å². The zero-order chi connectivity index (χ0) is 19.5. The molecule has 0 aliphatic heterocycles. The van der Waals surface area contributed by atoms with Gasteiger partial charge in [-0.15, -0.1) is 0 Å². The summed E-state index contributed by atoms with van der Waals surface area (Å²) in [5, 5.41) is 3.73. The summed E-state index contributed by atoms with van der Waals surface area (Å²) in [6, 6.07) is 15.6. The van der Waals surface area contributed by atoms with Gasteiger partial charge in [0.2, 0.25) is 5.91 Å². The highest BCUT2D eigenvalue weighted by Crippen LogP contribution is 2.29. The lowest BCUT2D eigenvalue weighted by Crippen LogP contribution is -2.38. The van der Waals surface area contributed by atoms with Crippen LogP contribution in [0.25, 0.3) is 10.9 Å². The number of carbonyl (C=O) groups is 1. The fourth-order valence-electron chi connectivity index (χ4n) is 3.91. The van der Waals surface area contributed by atoms with Gasteiger partial charge in [0.25, 0.3) is 5.56 Å². The third-order valence-corrected chi connectivity index (χ3v) is 5.20. The van der Waals surface area contributed by atoms with E-state index in [4.69, 9.17) is 0 Å². The van der Waals surface area contributed by atoms with E-state index in [1.807, 2.05) is 42.3 Å². The quantitative estimate of drug-likeness (QED) is 0.717. The minimum Gasteiger partial charge on any atom is -0.348 e. The monoisotopic (exact) mass is 376 g/mol. The Balaban J connectivity index is 1.40. The average molecular weight is 376 g/mol. The molecule has 1 aliphatic rings. The van der Waals surface area contributed by atoms with Crippen molar-refractivity contribution >= 4 is 16.8 Å². The van der Waals surface area contributed by atoms with Gasteiger partial charge in [-0.1, -0.05) is 36.4 Å². The first kappa shape index (κ1) is 18.4. The number of benzene rings is 2. The number of carbonyl (C=O) groups excluding carboxylic acids is 1. The van der Waals surface area contributed by atoms with Crippen LogP contribution in [-0.2, 0) is 17.8 Å². The van der Waals surface area contributed by atoms with Crippen LogP contribution in [0.15, 0.2) is 53.3 Å². The molecule has 0 fully saturated rings. The van der Waals surface area contributed by atoms with Crippen LogP contribution >= 0.6 is 0 Å². The van der Waals surface area contributed by atoms with E-state index in [9.17, 15) is 9.59 Å². The third kappa shape index (κ3) is 3.97. The Bertz CT molecular complexity index is 1060. The number of nitrogens with one attached hydrogen (secondary N) is 2. The normalized spacial score (nSPS) is 16.1. The number of rotatable bonds is 5. The number of fused-ring (bicyclic) bond motifs is 2. The first-order chi connectivity index (χ1) is 13.6. The van der Waals surface area contributed by atoms with Crippen molar-refractivity contribution in [2.75, 3.05) is 13.6 Å². The van der Waals surface area contributed by atoms with Crippen molar-refractivity contribution in [1.29, 1.82) is 0 Å². The summed E-state index contributed by atoms with van der Waals surface area (Å²) in [5.74, 6) is 0.536. The summed E-state index contributed by atoms with van der Waals surface area (Å²) < 4.78 is 0. The van der Waals surface area contributed by atoms with Crippen LogP contribution < -0.4 is 10.9 Å². The van der Waals surface area contributed by atoms with Crippen molar-refractivity contribution in [3.63, 3.8) is 0 Å². The maximum Gasteiger partial charge on any atom is 0.258 e. The second-order valence-electron chi connectivity index (χ2n) is 7.41. The lowest BCUT2D eigenvalue weighted by Gasteiger charge is -2.27. The molecule has 28 heavy (non-hydrogen) atoms. The topological polar surface area (TPSA) is 78.1 Å². The lowest BCUT2D eigenvalue weighted by molar-refractivity contribution is -0.122. The summed E-state index contributed by atoms with van der Waals surface area (Å²) in [4.78, 5) is 33.9. The number of nitrogens with zero attached hydrogens (tertiary/aromatic N) is 2. The van der Waals surface area contributed by atoms with Crippen LogP contribution in [0.5, 0.6) is 0 Å².